The molecule has 2 heterocycles. The molecule has 2 aromatic heterocycles. The van der Waals surface area contributed by atoms with E-state index in [1.54, 1.807) is 17.5 Å². The number of nitrogens with two attached hydrogens (primary N) is 1. The summed E-state index contributed by atoms with van der Waals surface area (Å²) in [4.78, 5) is 5.47. The van der Waals surface area contributed by atoms with E-state index < -0.39 is 0 Å². The molecule has 0 spiro atoms. The summed E-state index contributed by atoms with van der Waals surface area (Å²) in [6.45, 7) is 2.10. The van der Waals surface area contributed by atoms with Gasteiger partial charge in [-0.3, -0.25) is 0 Å². The van der Waals surface area contributed by atoms with Crippen LogP contribution in [0.15, 0.2) is 35.8 Å². The molecule has 15 heavy (non-hydrogen) atoms. The number of nitrogens with zero attached hydrogens (tertiary/aromatic N) is 1. The van der Waals surface area contributed by atoms with Gasteiger partial charge >= 0.3 is 0 Å². The molecule has 0 fully saturated rings. The second kappa shape index (κ2) is 4.31. The summed E-state index contributed by atoms with van der Waals surface area (Å²) in [6.07, 6.45) is 1.74. The van der Waals surface area contributed by atoms with Gasteiger partial charge in [0.2, 0.25) is 0 Å². The zero-order valence-corrected chi connectivity index (χ0v) is 9.29. The van der Waals surface area contributed by atoms with Crippen LogP contribution in [0.25, 0.3) is 0 Å². The average molecular weight is 219 g/mol. The van der Waals surface area contributed by atoms with E-state index >= 15 is 0 Å². The maximum atomic E-state index is 5.80. The van der Waals surface area contributed by atoms with E-state index in [0.29, 0.717) is 5.69 Å². The minimum absolute atomic E-state index is 0.238. The van der Waals surface area contributed by atoms with E-state index in [1.165, 1.54) is 4.88 Å². The number of aromatic nitrogens is 1. The van der Waals surface area contributed by atoms with Gasteiger partial charge in [0.25, 0.3) is 0 Å². The van der Waals surface area contributed by atoms with Crippen LogP contribution in [0.4, 0.5) is 11.5 Å². The van der Waals surface area contributed by atoms with Crippen LogP contribution in [0.3, 0.4) is 0 Å². The van der Waals surface area contributed by atoms with Crippen LogP contribution in [-0.2, 0) is 0 Å². The fraction of sp³-hybridized carbons (Fsp3) is 0.182. The molecule has 0 aromatic carbocycles. The van der Waals surface area contributed by atoms with E-state index in [-0.39, 0.29) is 6.04 Å². The predicted octanol–water partition coefficient (Wildman–Crippen LogP) is 2.90. The summed E-state index contributed by atoms with van der Waals surface area (Å²) in [5.74, 6) is 0.749. The van der Waals surface area contributed by atoms with E-state index in [0.717, 1.165) is 5.82 Å². The van der Waals surface area contributed by atoms with Gasteiger partial charge in [-0.2, -0.15) is 0 Å². The summed E-state index contributed by atoms with van der Waals surface area (Å²) in [5.41, 5.74) is 6.48. The molecule has 2 aromatic rings. The zero-order chi connectivity index (χ0) is 10.7. The highest BCUT2D eigenvalue weighted by Gasteiger charge is 2.07. The third-order valence-corrected chi connectivity index (χ3v) is 3.22. The molecule has 0 amide bonds. The molecule has 0 radical (unpaired) electrons. The number of nitrogen functional groups attached to an aromatic ring is 1. The number of pyridine rings is 1. The highest BCUT2D eigenvalue weighted by Crippen LogP contribution is 2.24. The van der Waals surface area contributed by atoms with Crippen LogP contribution in [0.1, 0.15) is 17.8 Å². The average Bonchev–Trinajstić information content (AvgIpc) is 2.74. The smallest absolute Gasteiger partial charge is 0.149 e. The summed E-state index contributed by atoms with van der Waals surface area (Å²) >= 11 is 1.73. The molecule has 1 atom stereocenters. The van der Waals surface area contributed by atoms with Crippen LogP contribution in [-0.4, -0.2) is 4.98 Å². The summed E-state index contributed by atoms with van der Waals surface area (Å²) in [7, 11) is 0. The molecular formula is C11H13N3S. The first kappa shape index (κ1) is 9.98. The molecule has 0 aliphatic carbocycles. The lowest BCUT2D eigenvalue weighted by Crippen LogP contribution is -2.08. The Balaban J connectivity index is 2.13. The topological polar surface area (TPSA) is 50.9 Å². The standard InChI is InChI=1S/C11H13N3S/c1-8(10-5-3-7-15-10)14-11-9(12)4-2-6-13-11/h2-8H,12H2,1H3,(H,13,14). The second-order valence-electron chi connectivity index (χ2n) is 3.32. The van der Waals surface area contributed by atoms with Gasteiger partial charge in [0.15, 0.2) is 0 Å². The minimum atomic E-state index is 0.238. The largest absolute Gasteiger partial charge is 0.396 e. The van der Waals surface area contributed by atoms with Crippen molar-refractivity contribution in [3.63, 3.8) is 0 Å². The third-order valence-electron chi connectivity index (χ3n) is 2.16. The molecule has 2 rings (SSSR count). The van der Waals surface area contributed by atoms with Gasteiger partial charge in [-0.05, 0) is 30.5 Å². The normalized spacial score (nSPS) is 12.3. The van der Waals surface area contributed by atoms with Gasteiger partial charge in [0.05, 0.1) is 11.7 Å². The molecule has 1 unspecified atom stereocenters. The lowest BCUT2D eigenvalue weighted by atomic mass is 10.2. The highest BCUT2D eigenvalue weighted by molar-refractivity contribution is 7.10. The SMILES string of the molecule is CC(Nc1ncccc1N)c1cccs1. The summed E-state index contributed by atoms with van der Waals surface area (Å²) in [5, 5.41) is 5.35. The van der Waals surface area contributed by atoms with Crippen molar-refractivity contribution in [2.45, 2.75) is 13.0 Å². The Kier molecular flexibility index (Phi) is 2.87. The van der Waals surface area contributed by atoms with Crippen LogP contribution in [0.2, 0.25) is 0 Å². The number of hydrogen-bond donors (Lipinski definition) is 2. The Morgan fingerprint density at radius 2 is 2.27 bits per heavy atom. The number of anilines is 2. The molecule has 0 saturated carbocycles. The van der Waals surface area contributed by atoms with Gasteiger partial charge in [0.1, 0.15) is 5.82 Å². The fourth-order valence-electron chi connectivity index (χ4n) is 1.35. The van der Waals surface area contributed by atoms with Gasteiger partial charge in [-0.1, -0.05) is 6.07 Å². The summed E-state index contributed by atoms with van der Waals surface area (Å²) < 4.78 is 0. The van der Waals surface area contributed by atoms with Crippen molar-refractivity contribution in [3.8, 4) is 0 Å². The first-order valence-electron chi connectivity index (χ1n) is 4.78. The maximum absolute atomic E-state index is 5.80. The Morgan fingerprint density at radius 3 is 2.93 bits per heavy atom. The van der Waals surface area contributed by atoms with Crippen molar-refractivity contribution in [1.29, 1.82) is 0 Å². The van der Waals surface area contributed by atoms with Crippen molar-refractivity contribution < 1.29 is 0 Å². The van der Waals surface area contributed by atoms with Crippen molar-refractivity contribution in [1.82, 2.24) is 4.98 Å². The van der Waals surface area contributed by atoms with Crippen LogP contribution in [0, 0.1) is 0 Å². The minimum Gasteiger partial charge on any atom is -0.396 e. The molecule has 0 aliphatic heterocycles. The van der Waals surface area contributed by atoms with Crippen molar-refractivity contribution in [2.24, 2.45) is 0 Å². The van der Waals surface area contributed by atoms with Crippen molar-refractivity contribution >= 4 is 22.8 Å². The van der Waals surface area contributed by atoms with Gasteiger partial charge in [-0.15, -0.1) is 11.3 Å². The first-order chi connectivity index (χ1) is 7.27. The molecule has 3 N–H and O–H groups in total. The maximum Gasteiger partial charge on any atom is 0.149 e. The van der Waals surface area contributed by atoms with E-state index in [9.17, 15) is 0 Å². The summed E-state index contributed by atoms with van der Waals surface area (Å²) in [6, 6.07) is 8.05. The fourth-order valence-corrected chi connectivity index (χ4v) is 2.09. The number of thiophene rings is 1. The number of nitrogens with one attached hydrogen (secondary N) is 1. The van der Waals surface area contributed by atoms with Gasteiger partial charge in [0, 0.05) is 11.1 Å². The lowest BCUT2D eigenvalue weighted by molar-refractivity contribution is 0.897. The quantitative estimate of drug-likeness (QED) is 0.834. The van der Waals surface area contributed by atoms with E-state index in [1.807, 2.05) is 18.2 Å². The zero-order valence-electron chi connectivity index (χ0n) is 8.47. The number of rotatable bonds is 3. The Bertz CT molecular complexity index is 425. The van der Waals surface area contributed by atoms with E-state index in [2.05, 4.69) is 28.7 Å². The molecule has 0 bridgehead atoms. The van der Waals surface area contributed by atoms with Gasteiger partial charge < -0.3 is 11.1 Å². The molecule has 0 saturated heterocycles. The first-order valence-corrected chi connectivity index (χ1v) is 5.66. The van der Waals surface area contributed by atoms with Crippen LogP contribution >= 0.6 is 11.3 Å². The van der Waals surface area contributed by atoms with Crippen LogP contribution < -0.4 is 11.1 Å². The predicted molar refractivity (Wildman–Crippen MR) is 65.0 cm³/mol. The molecular weight excluding hydrogens is 206 g/mol. The Hall–Kier alpha value is -1.55. The molecule has 78 valence electrons. The highest BCUT2D eigenvalue weighted by atomic mass is 32.1. The Morgan fingerprint density at radius 1 is 1.40 bits per heavy atom. The van der Waals surface area contributed by atoms with Crippen LogP contribution in [0.5, 0.6) is 0 Å². The van der Waals surface area contributed by atoms with Gasteiger partial charge in [-0.25, -0.2) is 4.98 Å². The van der Waals surface area contributed by atoms with Crippen molar-refractivity contribution in [2.75, 3.05) is 11.1 Å². The van der Waals surface area contributed by atoms with Crippen molar-refractivity contribution in [3.05, 3.63) is 40.7 Å². The lowest BCUT2D eigenvalue weighted by Gasteiger charge is -2.13. The molecule has 3 nitrogen and oxygen atoms in total. The van der Waals surface area contributed by atoms with E-state index in [4.69, 9.17) is 5.73 Å². The third kappa shape index (κ3) is 2.27. The molecule has 4 heteroatoms. The number of hydrogen-bond acceptors (Lipinski definition) is 4. The monoisotopic (exact) mass is 219 g/mol. The molecule has 0 aliphatic rings. The second-order valence-corrected chi connectivity index (χ2v) is 4.30. The Labute approximate surface area is 93.0 Å².